The number of ether oxygens (including phenoxy) is 1. The molecule has 4 nitrogen and oxygen atoms in total. The molecule has 1 atom stereocenters. The van der Waals surface area contributed by atoms with Crippen molar-refractivity contribution in [2.45, 2.75) is 12.5 Å². The summed E-state index contributed by atoms with van der Waals surface area (Å²) in [5.74, 6) is 0.138. The number of fused-ring (bicyclic) bond motifs is 1. The molecule has 0 aliphatic carbocycles. The lowest BCUT2D eigenvalue weighted by atomic mass is 10.0. The van der Waals surface area contributed by atoms with Gasteiger partial charge in [0, 0.05) is 18.7 Å². The van der Waals surface area contributed by atoms with E-state index >= 15 is 0 Å². The Kier molecular flexibility index (Phi) is 4.02. The Morgan fingerprint density at radius 1 is 1.26 bits per heavy atom. The molecule has 1 aliphatic heterocycles. The molecule has 1 unspecified atom stereocenters. The first-order valence-corrected chi connectivity index (χ1v) is 7.31. The molecule has 0 saturated carbocycles. The van der Waals surface area contributed by atoms with Crippen LogP contribution < -0.4 is 15.4 Å². The van der Waals surface area contributed by atoms with Crippen LogP contribution in [0.1, 0.15) is 5.56 Å². The standard InChI is InChI=1S/C18H17FN2O2/c1-2-9-21-15-11-14(20)7-8-16(15)23-17(18(21)22)10-12-3-5-13(19)6-4-12/h2-8,11,17H,1,9-10,20H2. The molecule has 2 aromatic rings. The summed E-state index contributed by atoms with van der Waals surface area (Å²) in [4.78, 5) is 14.3. The van der Waals surface area contributed by atoms with Crippen molar-refractivity contribution in [1.82, 2.24) is 0 Å². The van der Waals surface area contributed by atoms with E-state index < -0.39 is 6.10 Å². The van der Waals surface area contributed by atoms with Gasteiger partial charge in [0.25, 0.3) is 5.91 Å². The highest BCUT2D eigenvalue weighted by molar-refractivity contribution is 6.00. The molecule has 0 saturated heterocycles. The van der Waals surface area contributed by atoms with Crippen molar-refractivity contribution in [2.75, 3.05) is 17.2 Å². The molecule has 23 heavy (non-hydrogen) atoms. The fourth-order valence-corrected chi connectivity index (χ4v) is 2.62. The minimum Gasteiger partial charge on any atom is -0.478 e. The van der Waals surface area contributed by atoms with Gasteiger partial charge in [-0.05, 0) is 35.9 Å². The highest BCUT2D eigenvalue weighted by Crippen LogP contribution is 2.36. The van der Waals surface area contributed by atoms with Crippen LogP contribution >= 0.6 is 0 Å². The number of anilines is 2. The molecule has 0 bridgehead atoms. The molecular formula is C18H17FN2O2. The first-order chi connectivity index (χ1) is 11.1. The Morgan fingerprint density at radius 2 is 2.00 bits per heavy atom. The molecule has 0 radical (unpaired) electrons. The summed E-state index contributed by atoms with van der Waals surface area (Å²) in [6.07, 6.45) is 1.37. The van der Waals surface area contributed by atoms with Crippen molar-refractivity contribution in [2.24, 2.45) is 0 Å². The Hall–Kier alpha value is -2.82. The number of nitrogens with two attached hydrogens (primary N) is 1. The molecule has 5 heteroatoms. The Bertz CT molecular complexity index is 743. The average molecular weight is 312 g/mol. The van der Waals surface area contributed by atoms with Crippen LogP contribution in [-0.4, -0.2) is 18.6 Å². The zero-order valence-electron chi connectivity index (χ0n) is 12.5. The number of amides is 1. The van der Waals surface area contributed by atoms with Gasteiger partial charge in [-0.1, -0.05) is 18.2 Å². The smallest absolute Gasteiger partial charge is 0.268 e. The molecule has 0 aromatic heterocycles. The third-order valence-corrected chi connectivity index (χ3v) is 3.73. The zero-order chi connectivity index (χ0) is 16.4. The lowest BCUT2D eigenvalue weighted by Crippen LogP contribution is -2.47. The number of hydrogen-bond donors (Lipinski definition) is 1. The van der Waals surface area contributed by atoms with Gasteiger partial charge in [-0.2, -0.15) is 0 Å². The second-order valence-corrected chi connectivity index (χ2v) is 5.40. The Labute approximate surface area is 134 Å². The third-order valence-electron chi connectivity index (χ3n) is 3.73. The maximum absolute atomic E-state index is 13.0. The van der Waals surface area contributed by atoms with Gasteiger partial charge in [-0.15, -0.1) is 6.58 Å². The third kappa shape index (κ3) is 3.04. The van der Waals surface area contributed by atoms with Gasteiger partial charge >= 0.3 is 0 Å². The highest BCUT2D eigenvalue weighted by atomic mass is 19.1. The number of halogens is 1. The molecule has 1 aliphatic rings. The van der Waals surface area contributed by atoms with Crippen LogP contribution in [0.3, 0.4) is 0 Å². The predicted octanol–water partition coefficient (Wildman–Crippen LogP) is 2.93. The summed E-state index contributed by atoms with van der Waals surface area (Å²) >= 11 is 0. The van der Waals surface area contributed by atoms with Crippen molar-refractivity contribution in [3.05, 3.63) is 66.5 Å². The van der Waals surface area contributed by atoms with Crippen LogP contribution in [0.25, 0.3) is 0 Å². The molecule has 0 spiro atoms. The van der Waals surface area contributed by atoms with E-state index in [0.717, 1.165) is 5.56 Å². The lowest BCUT2D eigenvalue weighted by molar-refractivity contribution is -0.126. The Morgan fingerprint density at radius 3 is 2.70 bits per heavy atom. The van der Waals surface area contributed by atoms with Gasteiger partial charge in [0.15, 0.2) is 6.10 Å². The van der Waals surface area contributed by atoms with E-state index in [4.69, 9.17) is 10.5 Å². The SMILES string of the molecule is C=CCN1C(=O)C(Cc2ccc(F)cc2)Oc2ccc(N)cc21. The second kappa shape index (κ2) is 6.12. The van der Waals surface area contributed by atoms with Crippen molar-refractivity contribution in [1.29, 1.82) is 0 Å². The number of carbonyl (C=O) groups is 1. The van der Waals surface area contributed by atoms with Crippen LogP contribution in [0.5, 0.6) is 5.75 Å². The Balaban J connectivity index is 1.91. The summed E-state index contributed by atoms with van der Waals surface area (Å²) in [6, 6.07) is 11.3. The first-order valence-electron chi connectivity index (χ1n) is 7.31. The molecule has 3 rings (SSSR count). The largest absolute Gasteiger partial charge is 0.478 e. The van der Waals surface area contributed by atoms with Crippen LogP contribution in [0, 0.1) is 5.82 Å². The number of benzene rings is 2. The molecule has 118 valence electrons. The van der Waals surface area contributed by atoms with E-state index in [2.05, 4.69) is 6.58 Å². The minimum atomic E-state index is -0.656. The summed E-state index contributed by atoms with van der Waals surface area (Å²) in [5.41, 5.74) is 7.84. The van der Waals surface area contributed by atoms with E-state index in [0.29, 0.717) is 30.1 Å². The predicted molar refractivity (Wildman–Crippen MR) is 87.9 cm³/mol. The number of hydrogen-bond acceptors (Lipinski definition) is 3. The number of rotatable bonds is 4. The van der Waals surface area contributed by atoms with E-state index in [1.807, 2.05) is 0 Å². The van der Waals surface area contributed by atoms with Crippen LogP contribution in [0.2, 0.25) is 0 Å². The van der Waals surface area contributed by atoms with Gasteiger partial charge < -0.3 is 15.4 Å². The molecule has 0 fully saturated rings. The van der Waals surface area contributed by atoms with E-state index in [9.17, 15) is 9.18 Å². The molecule has 2 aromatic carbocycles. The van der Waals surface area contributed by atoms with Crippen LogP contribution in [0.4, 0.5) is 15.8 Å². The summed E-state index contributed by atoms with van der Waals surface area (Å²) < 4.78 is 18.8. The van der Waals surface area contributed by atoms with Gasteiger partial charge in [-0.25, -0.2) is 4.39 Å². The van der Waals surface area contributed by atoms with Gasteiger partial charge in [0.2, 0.25) is 0 Å². The average Bonchev–Trinajstić information content (AvgIpc) is 2.54. The van der Waals surface area contributed by atoms with Crippen molar-refractivity contribution in [3.8, 4) is 5.75 Å². The van der Waals surface area contributed by atoms with E-state index in [1.165, 1.54) is 12.1 Å². The topological polar surface area (TPSA) is 55.6 Å². The summed E-state index contributed by atoms with van der Waals surface area (Å²) in [6.45, 7) is 4.07. The minimum absolute atomic E-state index is 0.160. The molecule has 1 heterocycles. The maximum atomic E-state index is 13.0. The lowest BCUT2D eigenvalue weighted by Gasteiger charge is -2.34. The number of nitrogens with zero attached hydrogens (tertiary/aromatic N) is 1. The van der Waals surface area contributed by atoms with E-state index in [1.54, 1.807) is 41.3 Å². The van der Waals surface area contributed by atoms with E-state index in [-0.39, 0.29) is 11.7 Å². The molecule has 1 amide bonds. The fourth-order valence-electron chi connectivity index (χ4n) is 2.62. The molecular weight excluding hydrogens is 295 g/mol. The van der Waals surface area contributed by atoms with Crippen LogP contribution in [-0.2, 0) is 11.2 Å². The highest BCUT2D eigenvalue weighted by Gasteiger charge is 2.33. The summed E-state index contributed by atoms with van der Waals surface area (Å²) in [5, 5.41) is 0. The zero-order valence-corrected chi connectivity index (χ0v) is 12.5. The van der Waals surface area contributed by atoms with Crippen LogP contribution in [0.15, 0.2) is 55.1 Å². The maximum Gasteiger partial charge on any atom is 0.268 e. The summed E-state index contributed by atoms with van der Waals surface area (Å²) in [7, 11) is 0. The fraction of sp³-hybridized carbons (Fsp3) is 0.167. The van der Waals surface area contributed by atoms with Gasteiger partial charge in [-0.3, -0.25) is 4.79 Å². The number of nitrogen functional groups attached to an aromatic ring is 1. The molecule has 2 N–H and O–H groups in total. The van der Waals surface area contributed by atoms with Gasteiger partial charge in [0.05, 0.1) is 5.69 Å². The second-order valence-electron chi connectivity index (χ2n) is 5.40. The normalized spacial score (nSPS) is 16.7. The van der Waals surface area contributed by atoms with Crippen molar-refractivity contribution >= 4 is 17.3 Å². The first kappa shape index (κ1) is 15.1. The quantitative estimate of drug-likeness (QED) is 0.697. The van der Waals surface area contributed by atoms with Crippen molar-refractivity contribution < 1.29 is 13.9 Å². The van der Waals surface area contributed by atoms with Crippen molar-refractivity contribution in [3.63, 3.8) is 0 Å². The van der Waals surface area contributed by atoms with Gasteiger partial charge in [0.1, 0.15) is 11.6 Å². The monoisotopic (exact) mass is 312 g/mol. The number of carbonyl (C=O) groups excluding carboxylic acids is 1.